The number of hydrogen-bond donors (Lipinski definition) is 2. The van der Waals surface area contributed by atoms with Gasteiger partial charge >= 0.3 is 0 Å². The fraction of sp³-hybridized carbons (Fsp3) is 0.929. The summed E-state index contributed by atoms with van der Waals surface area (Å²) < 4.78 is 11.0. The maximum Gasteiger partial charge on any atom is 0.246 e. The molecule has 0 atom stereocenters. The Bertz CT molecular complexity index is 241. The van der Waals surface area contributed by atoms with Gasteiger partial charge in [-0.1, -0.05) is 13.8 Å². The molecule has 5 heteroatoms. The number of carbonyl (C=O) groups is 1. The average molecular weight is 272 g/mol. The molecule has 0 aromatic rings. The van der Waals surface area contributed by atoms with E-state index in [1.165, 1.54) is 0 Å². The summed E-state index contributed by atoms with van der Waals surface area (Å²) in [6, 6.07) is 0. The van der Waals surface area contributed by atoms with E-state index in [2.05, 4.69) is 24.5 Å². The monoisotopic (exact) mass is 272 g/mol. The molecular formula is C14H28N2O3. The lowest BCUT2D eigenvalue weighted by atomic mass is 10.1. The van der Waals surface area contributed by atoms with Gasteiger partial charge < -0.3 is 20.1 Å². The normalized spacial score (nSPS) is 16.8. The van der Waals surface area contributed by atoms with Crippen molar-refractivity contribution in [1.82, 2.24) is 10.6 Å². The van der Waals surface area contributed by atoms with Crippen molar-refractivity contribution in [3.8, 4) is 0 Å². The Labute approximate surface area is 116 Å². The standard InChI is InChI=1S/C14H28N2O3/c1-12(2)5-9-18-10-8-16-14(17)11-19-13-3-6-15-7-4-13/h12-13,15H,3-11H2,1-2H3,(H,16,17). The van der Waals surface area contributed by atoms with Crippen LogP contribution in [0.15, 0.2) is 0 Å². The number of piperidine rings is 1. The first kappa shape index (κ1) is 16.4. The van der Waals surface area contributed by atoms with Crippen molar-refractivity contribution in [3.63, 3.8) is 0 Å². The van der Waals surface area contributed by atoms with E-state index in [1.54, 1.807) is 0 Å². The third-order valence-electron chi connectivity index (χ3n) is 3.14. The summed E-state index contributed by atoms with van der Waals surface area (Å²) in [5.41, 5.74) is 0. The highest BCUT2D eigenvalue weighted by Gasteiger charge is 2.14. The quantitative estimate of drug-likeness (QED) is 0.613. The van der Waals surface area contributed by atoms with E-state index in [4.69, 9.17) is 9.47 Å². The van der Waals surface area contributed by atoms with Gasteiger partial charge in [-0.25, -0.2) is 0 Å². The van der Waals surface area contributed by atoms with Crippen LogP contribution in [0.1, 0.15) is 33.1 Å². The molecule has 1 aliphatic heterocycles. The minimum Gasteiger partial charge on any atom is -0.380 e. The zero-order chi connectivity index (χ0) is 13.9. The van der Waals surface area contributed by atoms with Crippen molar-refractivity contribution in [2.75, 3.05) is 39.5 Å². The first-order valence-electron chi connectivity index (χ1n) is 7.35. The van der Waals surface area contributed by atoms with E-state index in [-0.39, 0.29) is 18.6 Å². The van der Waals surface area contributed by atoms with E-state index < -0.39 is 0 Å². The SMILES string of the molecule is CC(C)CCOCCNC(=O)COC1CCNCC1. The van der Waals surface area contributed by atoms with Crippen LogP contribution in [0.25, 0.3) is 0 Å². The van der Waals surface area contributed by atoms with Gasteiger partial charge in [-0.3, -0.25) is 4.79 Å². The second kappa shape index (κ2) is 10.2. The molecule has 1 saturated heterocycles. The first-order chi connectivity index (χ1) is 9.18. The van der Waals surface area contributed by atoms with Crippen LogP contribution in [0.3, 0.4) is 0 Å². The van der Waals surface area contributed by atoms with Crippen molar-refractivity contribution >= 4 is 5.91 Å². The summed E-state index contributed by atoms with van der Waals surface area (Å²) in [4.78, 5) is 11.5. The maximum absolute atomic E-state index is 11.5. The van der Waals surface area contributed by atoms with Gasteiger partial charge in [-0.2, -0.15) is 0 Å². The highest BCUT2D eigenvalue weighted by Crippen LogP contribution is 2.06. The zero-order valence-corrected chi connectivity index (χ0v) is 12.2. The minimum absolute atomic E-state index is 0.0500. The van der Waals surface area contributed by atoms with E-state index in [9.17, 15) is 4.79 Å². The van der Waals surface area contributed by atoms with Crippen LogP contribution >= 0.6 is 0 Å². The Morgan fingerprint density at radius 1 is 1.32 bits per heavy atom. The Hall–Kier alpha value is -0.650. The van der Waals surface area contributed by atoms with E-state index in [1.807, 2.05) is 0 Å². The number of carbonyl (C=O) groups excluding carboxylic acids is 1. The van der Waals surface area contributed by atoms with Crippen molar-refractivity contribution < 1.29 is 14.3 Å². The molecule has 0 unspecified atom stereocenters. The van der Waals surface area contributed by atoms with Crippen LogP contribution in [0.5, 0.6) is 0 Å². The molecule has 5 nitrogen and oxygen atoms in total. The van der Waals surface area contributed by atoms with Crippen LogP contribution in [-0.2, 0) is 14.3 Å². The molecule has 0 aliphatic carbocycles. The number of ether oxygens (including phenoxy) is 2. The summed E-state index contributed by atoms with van der Waals surface area (Å²) >= 11 is 0. The fourth-order valence-corrected chi connectivity index (χ4v) is 1.89. The molecule has 1 aliphatic rings. The van der Waals surface area contributed by atoms with Crippen molar-refractivity contribution in [3.05, 3.63) is 0 Å². The Morgan fingerprint density at radius 2 is 2.05 bits per heavy atom. The smallest absolute Gasteiger partial charge is 0.246 e. The summed E-state index contributed by atoms with van der Waals surface area (Å²) in [5, 5.41) is 6.07. The van der Waals surface area contributed by atoms with Gasteiger partial charge in [-0.15, -0.1) is 0 Å². The lowest BCUT2D eigenvalue weighted by molar-refractivity contribution is -0.128. The van der Waals surface area contributed by atoms with E-state index in [0.717, 1.165) is 39.0 Å². The third kappa shape index (κ3) is 8.97. The van der Waals surface area contributed by atoms with Gasteiger partial charge in [0.05, 0.1) is 12.7 Å². The predicted molar refractivity (Wildman–Crippen MR) is 75.1 cm³/mol. The Morgan fingerprint density at radius 3 is 2.74 bits per heavy atom. The second-order valence-electron chi connectivity index (χ2n) is 5.41. The second-order valence-corrected chi connectivity index (χ2v) is 5.41. The Balaban J connectivity index is 1.90. The molecule has 0 saturated carbocycles. The summed E-state index contributed by atoms with van der Waals surface area (Å²) in [6.45, 7) is 8.37. The van der Waals surface area contributed by atoms with Gasteiger partial charge in [0.2, 0.25) is 5.91 Å². The molecule has 1 fully saturated rings. The highest BCUT2D eigenvalue weighted by molar-refractivity contribution is 5.77. The lowest BCUT2D eigenvalue weighted by Crippen LogP contribution is -2.36. The molecule has 112 valence electrons. The fourth-order valence-electron chi connectivity index (χ4n) is 1.89. The van der Waals surface area contributed by atoms with E-state index >= 15 is 0 Å². The number of nitrogens with one attached hydrogen (secondary N) is 2. The molecule has 0 bridgehead atoms. The van der Waals surface area contributed by atoms with Crippen LogP contribution < -0.4 is 10.6 Å². The highest BCUT2D eigenvalue weighted by atomic mass is 16.5. The number of hydrogen-bond acceptors (Lipinski definition) is 4. The lowest BCUT2D eigenvalue weighted by Gasteiger charge is -2.22. The topological polar surface area (TPSA) is 59.6 Å². The van der Waals surface area contributed by atoms with Gasteiger partial charge in [-0.05, 0) is 38.3 Å². The average Bonchev–Trinajstić information content (AvgIpc) is 2.41. The molecule has 19 heavy (non-hydrogen) atoms. The van der Waals surface area contributed by atoms with E-state index in [0.29, 0.717) is 19.1 Å². The van der Waals surface area contributed by atoms with Crippen LogP contribution in [-0.4, -0.2) is 51.5 Å². The van der Waals surface area contributed by atoms with Crippen molar-refractivity contribution in [2.24, 2.45) is 5.92 Å². The maximum atomic E-state index is 11.5. The van der Waals surface area contributed by atoms with Crippen molar-refractivity contribution in [1.29, 1.82) is 0 Å². The summed E-state index contributed by atoms with van der Waals surface area (Å²) in [5.74, 6) is 0.610. The predicted octanol–water partition coefficient (Wildman–Crippen LogP) is 0.934. The molecule has 1 heterocycles. The molecular weight excluding hydrogens is 244 g/mol. The number of amides is 1. The summed E-state index contributed by atoms with van der Waals surface area (Å²) in [6.07, 6.45) is 3.28. The van der Waals surface area contributed by atoms with Crippen molar-refractivity contribution in [2.45, 2.75) is 39.2 Å². The molecule has 0 spiro atoms. The molecule has 0 aromatic heterocycles. The van der Waals surface area contributed by atoms with Crippen LogP contribution in [0, 0.1) is 5.92 Å². The molecule has 1 rings (SSSR count). The largest absolute Gasteiger partial charge is 0.380 e. The minimum atomic E-state index is -0.0500. The molecule has 0 radical (unpaired) electrons. The van der Waals surface area contributed by atoms with Crippen LogP contribution in [0.2, 0.25) is 0 Å². The van der Waals surface area contributed by atoms with Gasteiger partial charge in [0.15, 0.2) is 0 Å². The third-order valence-corrected chi connectivity index (χ3v) is 3.14. The first-order valence-corrected chi connectivity index (χ1v) is 7.35. The molecule has 1 amide bonds. The number of rotatable bonds is 9. The summed E-state index contributed by atoms with van der Waals surface area (Å²) in [7, 11) is 0. The van der Waals surface area contributed by atoms with Gasteiger partial charge in [0.25, 0.3) is 0 Å². The zero-order valence-electron chi connectivity index (χ0n) is 12.2. The van der Waals surface area contributed by atoms with Crippen LogP contribution in [0.4, 0.5) is 0 Å². The van der Waals surface area contributed by atoms with Gasteiger partial charge in [0, 0.05) is 13.2 Å². The Kier molecular flexibility index (Phi) is 8.79. The molecule has 2 N–H and O–H groups in total. The van der Waals surface area contributed by atoms with Gasteiger partial charge in [0.1, 0.15) is 6.61 Å². The molecule has 0 aromatic carbocycles.